The standard InChI is InChI=1S/C5H10O3.CHClO2/c1-3-7-5(6)8-4-2;2-1(3)4/h3-4H2,1-2H3;(H,3,4). The molecule has 72 valence electrons. The van der Waals surface area contributed by atoms with Crippen molar-refractivity contribution in [1.29, 1.82) is 0 Å². The van der Waals surface area contributed by atoms with Gasteiger partial charge in [0.25, 0.3) is 0 Å². The minimum absolute atomic E-state index is 0.374. The Kier molecular flexibility index (Phi) is 11.4. The molecule has 0 aromatic rings. The summed E-state index contributed by atoms with van der Waals surface area (Å²) in [6.45, 7) is 4.21. The number of carboxylic acid groups (broad SMARTS) is 1. The Labute approximate surface area is 75.2 Å². The number of hydrogen-bond donors (Lipinski definition) is 1. The molecular formula is C6H11ClO5. The summed E-state index contributed by atoms with van der Waals surface area (Å²) in [6, 6.07) is 0. The van der Waals surface area contributed by atoms with Crippen LogP contribution in [-0.2, 0) is 9.47 Å². The molecule has 0 radical (unpaired) electrons. The average molecular weight is 199 g/mol. The maximum absolute atomic E-state index is 10.2. The van der Waals surface area contributed by atoms with Crippen molar-refractivity contribution >= 4 is 23.2 Å². The van der Waals surface area contributed by atoms with Crippen molar-refractivity contribution in [2.45, 2.75) is 13.8 Å². The third-order valence-corrected chi connectivity index (χ3v) is 0.524. The minimum Gasteiger partial charge on any atom is -0.469 e. The second-order valence-corrected chi connectivity index (χ2v) is 1.69. The van der Waals surface area contributed by atoms with Crippen molar-refractivity contribution in [3.8, 4) is 0 Å². The molecule has 0 atom stereocenters. The fourth-order valence-corrected chi connectivity index (χ4v) is 0.277. The molecule has 5 nitrogen and oxygen atoms in total. The summed E-state index contributed by atoms with van der Waals surface area (Å²) in [5.74, 6) is 0. The number of carbonyl (C=O) groups excluding carboxylic acids is 1. The van der Waals surface area contributed by atoms with Crippen LogP contribution in [0.25, 0.3) is 0 Å². The largest absolute Gasteiger partial charge is 0.508 e. The van der Waals surface area contributed by atoms with E-state index >= 15 is 0 Å². The highest BCUT2D eigenvalue weighted by atomic mass is 35.5. The van der Waals surface area contributed by atoms with Crippen molar-refractivity contribution in [3.05, 3.63) is 0 Å². The van der Waals surface area contributed by atoms with E-state index in [0.717, 1.165) is 0 Å². The first-order valence-corrected chi connectivity index (χ1v) is 3.60. The van der Waals surface area contributed by atoms with Crippen molar-refractivity contribution in [2.75, 3.05) is 13.2 Å². The van der Waals surface area contributed by atoms with E-state index in [2.05, 4.69) is 21.1 Å². The minimum atomic E-state index is -1.36. The van der Waals surface area contributed by atoms with Gasteiger partial charge >= 0.3 is 11.6 Å². The van der Waals surface area contributed by atoms with E-state index in [4.69, 9.17) is 9.90 Å². The molecule has 0 unspecified atom stereocenters. The van der Waals surface area contributed by atoms with E-state index in [0.29, 0.717) is 13.2 Å². The van der Waals surface area contributed by atoms with E-state index in [1.54, 1.807) is 13.8 Å². The molecule has 0 aliphatic heterocycles. The van der Waals surface area contributed by atoms with Crippen LogP contribution in [0, 0.1) is 0 Å². The molecule has 0 bridgehead atoms. The second kappa shape index (κ2) is 10.0. The Hall–Kier alpha value is -0.970. The fraction of sp³-hybridized carbons (Fsp3) is 0.667. The lowest BCUT2D eigenvalue weighted by Crippen LogP contribution is -2.05. The van der Waals surface area contributed by atoms with Crippen molar-refractivity contribution in [1.82, 2.24) is 0 Å². The third-order valence-electron chi connectivity index (χ3n) is 0.524. The van der Waals surface area contributed by atoms with Gasteiger partial charge < -0.3 is 14.6 Å². The van der Waals surface area contributed by atoms with E-state index in [1.807, 2.05) is 0 Å². The van der Waals surface area contributed by atoms with Gasteiger partial charge in [-0.25, -0.2) is 9.59 Å². The smallest absolute Gasteiger partial charge is 0.469 e. The molecule has 12 heavy (non-hydrogen) atoms. The summed E-state index contributed by atoms with van der Waals surface area (Å²) < 4.78 is 8.84. The van der Waals surface area contributed by atoms with Crippen molar-refractivity contribution in [3.63, 3.8) is 0 Å². The molecular weight excluding hydrogens is 188 g/mol. The first kappa shape index (κ1) is 13.6. The van der Waals surface area contributed by atoms with Gasteiger partial charge in [-0.1, -0.05) is 0 Å². The molecule has 0 heterocycles. The van der Waals surface area contributed by atoms with Gasteiger partial charge in [0, 0.05) is 11.6 Å². The van der Waals surface area contributed by atoms with E-state index in [-0.39, 0.29) is 0 Å². The fourth-order valence-electron chi connectivity index (χ4n) is 0.277. The van der Waals surface area contributed by atoms with E-state index in [9.17, 15) is 4.79 Å². The molecule has 0 aromatic heterocycles. The molecule has 0 aliphatic carbocycles. The van der Waals surface area contributed by atoms with Crippen LogP contribution in [0.4, 0.5) is 9.59 Å². The maximum atomic E-state index is 10.2. The average Bonchev–Trinajstić information content (AvgIpc) is 1.87. The van der Waals surface area contributed by atoms with Crippen LogP contribution in [0.5, 0.6) is 0 Å². The van der Waals surface area contributed by atoms with Crippen molar-refractivity contribution < 1.29 is 24.2 Å². The Morgan fingerprint density at radius 1 is 1.25 bits per heavy atom. The van der Waals surface area contributed by atoms with Gasteiger partial charge in [0.15, 0.2) is 0 Å². The predicted octanol–water partition coefficient (Wildman–Crippen LogP) is 2.08. The maximum Gasteiger partial charge on any atom is 0.508 e. The zero-order valence-corrected chi connectivity index (χ0v) is 7.63. The Bertz CT molecular complexity index is 124. The monoisotopic (exact) mass is 198 g/mol. The van der Waals surface area contributed by atoms with Gasteiger partial charge in [-0.3, -0.25) is 0 Å². The van der Waals surface area contributed by atoms with Crippen LogP contribution < -0.4 is 0 Å². The second-order valence-electron chi connectivity index (χ2n) is 1.37. The summed E-state index contributed by atoms with van der Waals surface area (Å²) >= 11 is 4.19. The first-order chi connectivity index (χ1) is 5.54. The van der Waals surface area contributed by atoms with Gasteiger partial charge in [-0.2, -0.15) is 0 Å². The zero-order chi connectivity index (χ0) is 9.98. The van der Waals surface area contributed by atoms with Crippen LogP contribution in [0.15, 0.2) is 0 Å². The highest BCUT2D eigenvalue weighted by Gasteiger charge is 1.96. The molecule has 1 N–H and O–H groups in total. The Morgan fingerprint density at radius 3 is 1.67 bits per heavy atom. The Balaban J connectivity index is 0. The molecule has 0 saturated heterocycles. The molecule has 0 aromatic carbocycles. The topological polar surface area (TPSA) is 72.8 Å². The van der Waals surface area contributed by atoms with Gasteiger partial charge in [0.2, 0.25) is 0 Å². The highest BCUT2D eigenvalue weighted by Crippen LogP contribution is 1.81. The first-order valence-electron chi connectivity index (χ1n) is 3.22. The van der Waals surface area contributed by atoms with E-state index in [1.165, 1.54) is 0 Å². The number of carbonyl (C=O) groups is 2. The van der Waals surface area contributed by atoms with Crippen LogP contribution >= 0.6 is 11.6 Å². The number of rotatable bonds is 2. The molecule has 0 fully saturated rings. The predicted molar refractivity (Wildman–Crippen MR) is 42.5 cm³/mol. The highest BCUT2D eigenvalue weighted by molar-refractivity contribution is 6.60. The molecule has 0 aliphatic rings. The number of hydrogen-bond acceptors (Lipinski definition) is 4. The lowest BCUT2D eigenvalue weighted by Gasteiger charge is -1.98. The SMILES string of the molecule is CCOC(=O)OCC.O=C(O)Cl. The van der Waals surface area contributed by atoms with Crippen LogP contribution in [0.3, 0.4) is 0 Å². The molecule has 6 heteroatoms. The molecule has 0 amide bonds. The lowest BCUT2D eigenvalue weighted by atomic mass is 10.8. The summed E-state index contributed by atoms with van der Waals surface area (Å²) in [5, 5.41) is 7.18. The third kappa shape index (κ3) is 23.0. The molecule has 0 spiro atoms. The number of ether oxygens (including phenoxy) is 2. The number of halogens is 1. The van der Waals surface area contributed by atoms with E-state index < -0.39 is 11.6 Å². The lowest BCUT2D eigenvalue weighted by molar-refractivity contribution is 0.0630. The normalized spacial score (nSPS) is 7.58. The summed E-state index contributed by atoms with van der Waals surface area (Å²) in [4.78, 5) is 19.0. The quantitative estimate of drug-likeness (QED) is 0.543. The van der Waals surface area contributed by atoms with Crippen molar-refractivity contribution in [2.24, 2.45) is 0 Å². The van der Waals surface area contributed by atoms with Crippen LogP contribution in [-0.4, -0.2) is 29.9 Å². The van der Waals surface area contributed by atoms with Gasteiger partial charge in [-0.05, 0) is 13.8 Å². The summed E-state index contributed by atoms with van der Waals surface area (Å²) in [7, 11) is 0. The van der Waals surface area contributed by atoms with Gasteiger partial charge in [0.05, 0.1) is 13.2 Å². The molecule has 0 rings (SSSR count). The zero-order valence-electron chi connectivity index (χ0n) is 6.87. The van der Waals surface area contributed by atoms with Crippen LogP contribution in [0.2, 0.25) is 0 Å². The van der Waals surface area contributed by atoms with Crippen LogP contribution in [0.1, 0.15) is 13.8 Å². The molecule has 0 saturated carbocycles. The summed E-state index contributed by atoms with van der Waals surface area (Å²) in [6.07, 6.45) is -0.588. The Morgan fingerprint density at radius 2 is 1.50 bits per heavy atom. The van der Waals surface area contributed by atoms with Gasteiger partial charge in [-0.15, -0.1) is 0 Å². The summed E-state index contributed by atoms with van der Waals surface area (Å²) in [5.41, 5.74) is -1.36. The van der Waals surface area contributed by atoms with Gasteiger partial charge in [0.1, 0.15) is 0 Å².